The summed E-state index contributed by atoms with van der Waals surface area (Å²) >= 11 is 11.2. The summed E-state index contributed by atoms with van der Waals surface area (Å²) in [4.78, 5) is 26.0. The highest BCUT2D eigenvalue weighted by atomic mass is 79.9. The summed E-state index contributed by atoms with van der Waals surface area (Å²) in [6.07, 6.45) is 6.42. The van der Waals surface area contributed by atoms with E-state index < -0.39 is 0 Å². The minimum absolute atomic E-state index is 0.0136. The van der Waals surface area contributed by atoms with Crippen LogP contribution in [0.1, 0.15) is 38.5 Å². The second kappa shape index (κ2) is 7.02. The van der Waals surface area contributed by atoms with Gasteiger partial charge in [0, 0.05) is 14.2 Å². The van der Waals surface area contributed by atoms with Gasteiger partial charge in [0.25, 0.3) is 0 Å². The third-order valence-corrected chi connectivity index (χ3v) is 8.16. The first-order valence-corrected chi connectivity index (χ1v) is 11.2. The third-order valence-electron chi connectivity index (χ3n) is 5.97. The van der Waals surface area contributed by atoms with E-state index >= 15 is 0 Å². The molecule has 0 radical (unpaired) electrons. The van der Waals surface area contributed by atoms with E-state index in [9.17, 15) is 9.59 Å². The molecule has 4 aliphatic carbocycles. The van der Waals surface area contributed by atoms with Crippen molar-refractivity contribution >= 4 is 51.1 Å². The predicted molar refractivity (Wildman–Crippen MR) is 107 cm³/mol. The smallest absolute Gasteiger partial charge is 0.248 e. The monoisotopic (exact) mass is 456 g/mol. The van der Waals surface area contributed by atoms with E-state index in [1.807, 2.05) is 12.1 Å². The van der Waals surface area contributed by atoms with E-state index in [0.717, 1.165) is 24.2 Å². The van der Waals surface area contributed by atoms with Crippen molar-refractivity contribution in [2.24, 2.45) is 17.3 Å². The molecular weight excluding hydrogens is 436 g/mol. The first-order chi connectivity index (χ1) is 12.4. The lowest BCUT2D eigenvalue weighted by Crippen LogP contribution is -2.60. The second-order valence-electron chi connectivity index (χ2n) is 8.14. The van der Waals surface area contributed by atoms with Crippen LogP contribution in [0.5, 0.6) is 0 Å². The van der Waals surface area contributed by atoms with E-state index in [-0.39, 0.29) is 27.3 Å². The largest absolute Gasteiger partial charge is 0.273 e. The molecule has 140 valence electrons. The van der Waals surface area contributed by atoms with Gasteiger partial charge in [-0.3, -0.25) is 20.4 Å². The lowest BCUT2D eigenvalue weighted by atomic mass is 9.49. The Kier molecular flexibility index (Phi) is 5.03. The van der Waals surface area contributed by atoms with Gasteiger partial charge in [-0.05, 0) is 74.6 Å². The van der Waals surface area contributed by atoms with Crippen molar-refractivity contribution in [3.8, 4) is 0 Å². The average Bonchev–Trinajstić information content (AvgIpc) is 2.57. The van der Waals surface area contributed by atoms with Gasteiger partial charge in [-0.25, -0.2) is 0 Å². The van der Waals surface area contributed by atoms with Crippen molar-refractivity contribution in [3.05, 3.63) is 29.3 Å². The van der Waals surface area contributed by atoms with Crippen LogP contribution >= 0.6 is 39.3 Å². The summed E-state index contributed by atoms with van der Waals surface area (Å²) < 4.78 is 0.128. The number of hydrazine groups is 1. The number of hydrogen-bond acceptors (Lipinski definition) is 3. The van der Waals surface area contributed by atoms with Crippen molar-refractivity contribution < 1.29 is 9.59 Å². The molecule has 1 aromatic carbocycles. The van der Waals surface area contributed by atoms with Crippen LogP contribution < -0.4 is 10.9 Å². The van der Waals surface area contributed by atoms with Crippen LogP contribution in [0, 0.1) is 17.3 Å². The molecule has 2 N–H and O–H groups in total. The van der Waals surface area contributed by atoms with Crippen LogP contribution in [-0.4, -0.2) is 21.9 Å². The molecule has 2 atom stereocenters. The average molecular weight is 458 g/mol. The Bertz CT molecular complexity index is 713. The van der Waals surface area contributed by atoms with E-state index in [0.29, 0.717) is 16.9 Å². The van der Waals surface area contributed by atoms with Crippen molar-refractivity contribution in [3.63, 3.8) is 0 Å². The molecule has 7 heteroatoms. The molecule has 2 unspecified atom stereocenters. The van der Waals surface area contributed by atoms with Gasteiger partial charge in [-0.2, -0.15) is 0 Å². The molecule has 26 heavy (non-hydrogen) atoms. The predicted octanol–water partition coefficient (Wildman–Crippen LogP) is 4.31. The molecule has 1 aromatic rings. The van der Waals surface area contributed by atoms with Gasteiger partial charge in [0.2, 0.25) is 11.8 Å². The topological polar surface area (TPSA) is 58.2 Å². The number of amides is 2. The summed E-state index contributed by atoms with van der Waals surface area (Å²) in [6.45, 7) is 0. The zero-order valence-corrected chi connectivity index (χ0v) is 17.6. The summed E-state index contributed by atoms with van der Waals surface area (Å²) in [5.74, 6) is 1.31. The zero-order chi connectivity index (χ0) is 18.4. The van der Waals surface area contributed by atoms with Gasteiger partial charge in [0.15, 0.2) is 0 Å². The van der Waals surface area contributed by atoms with E-state index in [2.05, 4.69) is 26.8 Å². The molecule has 0 aliphatic heterocycles. The minimum Gasteiger partial charge on any atom is -0.273 e. The van der Waals surface area contributed by atoms with Crippen LogP contribution in [-0.2, 0) is 9.59 Å². The number of nitrogens with one attached hydrogen (secondary N) is 2. The molecular formula is C19H22BrClN2O2S. The maximum Gasteiger partial charge on any atom is 0.248 e. The van der Waals surface area contributed by atoms with Gasteiger partial charge >= 0.3 is 0 Å². The van der Waals surface area contributed by atoms with Crippen molar-refractivity contribution in [2.45, 2.75) is 47.7 Å². The van der Waals surface area contributed by atoms with Gasteiger partial charge in [0.05, 0.1) is 11.2 Å². The number of halogens is 2. The van der Waals surface area contributed by atoms with Crippen molar-refractivity contribution in [1.82, 2.24) is 10.9 Å². The van der Waals surface area contributed by atoms with E-state index in [1.54, 1.807) is 12.1 Å². The van der Waals surface area contributed by atoms with Gasteiger partial charge < -0.3 is 0 Å². The third kappa shape index (κ3) is 3.78. The fourth-order valence-corrected chi connectivity index (χ4v) is 7.67. The van der Waals surface area contributed by atoms with Crippen molar-refractivity contribution in [1.29, 1.82) is 0 Å². The highest BCUT2D eigenvalue weighted by Gasteiger charge is 2.59. The molecule has 2 amide bonds. The van der Waals surface area contributed by atoms with Gasteiger partial charge in [-0.15, -0.1) is 11.8 Å². The zero-order valence-electron chi connectivity index (χ0n) is 14.4. The number of benzene rings is 1. The SMILES string of the molecule is O=C(CSc1ccc(Cl)cc1)NNC(=O)C12CC3CC(CC(Br)(C3)C1)C2. The molecule has 0 saturated heterocycles. The Morgan fingerprint density at radius 2 is 1.77 bits per heavy atom. The number of hydrogen-bond donors (Lipinski definition) is 2. The molecule has 4 fully saturated rings. The Morgan fingerprint density at radius 3 is 2.38 bits per heavy atom. The van der Waals surface area contributed by atoms with Crippen molar-refractivity contribution in [2.75, 3.05) is 5.75 Å². The maximum absolute atomic E-state index is 12.9. The molecule has 4 saturated carbocycles. The summed E-state index contributed by atoms with van der Waals surface area (Å²) in [5.41, 5.74) is 4.99. The summed E-state index contributed by atoms with van der Waals surface area (Å²) in [6, 6.07) is 7.35. The Morgan fingerprint density at radius 1 is 1.12 bits per heavy atom. The van der Waals surface area contributed by atoms with Crippen LogP contribution in [0.4, 0.5) is 0 Å². The molecule has 0 aromatic heterocycles. The number of carbonyl (C=O) groups excluding carboxylic acids is 2. The fraction of sp³-hybridized carbons (Fsp3) is 0.579. The Balaban J connectivity index is 1.30. The highest BCUT2D eigenvalue weighted by Crippen LogP contribution is 2.64. The lowest BCUT2D eigenvalue weighted by Gasteiger charge is -2.59. The first-order valence-electron chi connectivity index (χ1n) is 9.02. The van der Waals surface area contributed by atoms with Crippen LogP contribution in [0.2, 0.25) is 5.02 Å². The first kappa shape index (κ1) is 18.6. The Hall–Kier alpha value is -0.720. The maximum atomic E-state index is 12.9. The number of thioether (sulfide) groups is 1. The number of alkyl halides is 1. The van der Waals surface area contributed by atoms with Gasteiger partial charge in [0.1, 0.15) is 0 Å². The Labute approximate surface area is 171 Å². The second-order valence-corrected chi connectivity index (χ2v) is 11.3. The van der Waals surface area contributed by atoms with Crippen LogP contribution in [0.3, 0.4) is 0 Å². The van der Waals surface area contributed by atoms with Gasteiger partial charge in [-0.1, -0.05) is 27.5 Å². The lowest BCUT2D eigenvalue weighted by molar-refractivity contribution is -0.146. The minimum atomic E-state index is -0.315. The molecule has 0 heterocycles. The molecule has 0 spiro atoms. The molecule has 5 rings (SSSR count). The molecule has 4 nitrogen and oxygen atoms in total. The van der Waals surface area contributed by atoms with E-state index in [1.165, 1.54) is 31.0 Å². The number of rotatable bonds is 4. The number of carbonyl (C=O) groups is 2. The molecule has 4 aliphatic rings. The summed E-state index contributed by atoms with van der Waals surface area (Å²) in [5, 5.41) is 0.672. The van der Waals surface area contributed by atoms with E-state index in [4.69, 9.17) is 11.6 Å². The molecule has 4 bridgehead atoms. The highest BCUT2D eigenvalue weighted by molar-refractivity contribution is 9.10. The standard InChI is InChI=1S/C19H22BrClN2O2S/c20-19-8-12-5-13(9-19)7-18(6-12,11-19)17(25)23-22-16(24)10-26-15-3-1-14(21)2-4-15/h1-4,12-13H,5-11H2,(H,22,24)(H,23,25). The quantitative estimate of drug-likeness (QED) is 0.402. The normalized spacial score (nSPS) is 34.5. The van der Waals surface area contributed by atoms with Crippen LogP contribution in [0.15, 0.2) is 29.2 Å². The fourth-order valence-electron chi connectivity index (χ4n) is 5.39. The summed E-state index contributed by atoms with van der Waals surface area (Å²) in [7, 11) is 0. The van der Waals surface area contributed by atoms with Crippen LogP contribution in [0.25, 0.3) is 0 Å².